The zero-order valence-electron chi connectivity index (χ0n) is 16.3. The second-order valence-corrected chi connectivity index (χ2v) is 7.36. The van der Waals surface area contributed by atoms with E-state index in [2.05, 4.69) is 31.0 Å². The smallest absolute Gasteiger partial charge is 0.408 e. The molecule has 0 aliphatic carbocycles. The van der Waals surface area contributed by atoms with Crippen LogP contribution in [0, 0.1) is 0 Å². The molecule has 1 aromatic heterocycles. The van der Waals surface area contributed by atoms with E-state index in [1.165, 1.54) is 6.33 Å². The molecule has 0 radical (unpaired) electrons. The number of guanidine groups is 1. The SMILES string of the molecule is CCNC(=NCc1ncnn1C)NCC(C)(C)NC(=O)OC(C)(C)C. The Kier molecular flexibility index (Phi) is 7.20. The number of aliphatic imine (C=N–C) groups is 1. The van der Waals surface area contributed by atoms with Crippen molar-refractivity contribution in [1.29, 1.82) is 0 Å². The summed E-state index contributed by atoms with van der Waals surface area (Å²) in [6, 6.07) is 0. The number of nitrogens with zero attached hydrogens (tertiary/aromatic N) is 4. The van der Waals surface area contributed by atoms with E-state index < -0.39 is 17.2 Å². The molecule has 0 fully saturated rings. The fraction of sp³-hybridized carbons (Fsp3) is 0.750. The van der Waals surface area contributed by atoms with Gasteiger partial charge in [-0.05, 0) is 41.5 Å². The number of nitrogens with one attached hydrogen (secondary N) is 3. The van der Waals surface area contributed by atoms with E-state index in [-0.39, 0.29) is 0 Å². The number of carbonyl (C=O) groups excluding carboxylic acids is 1. The van der Waals surface area contributed by atoms with Crippen LogP contribution in [-0.2, 0) is 18.3 Å². The first-order valence-corrected chi connectivity index (χ1v) is 8.38. The average Bonchev–Trinajstić information content (AvgIpc) is 2.84. The van der Waals surface area contributed by atoms with Gasteiger partial charge in [0.2, 0.25) is 0 Å². The molecular formula is C16H31N7O2. The zero-order chi connectivity index (χ0) is 19.1. The maximum Gasteiger partial charge on any atom is 0.408 e. The predicted molar refractivity (Wildman–Crippen MR) is 97.3 cm³/mol. The molecule has 0 atom stereocenters. The summed E-state index contributed by atoms with van der Waals surface area (Å²) >= 11 is 0. The van der Waals surface area contributed by atoms with Gasteiger partial charge in [-0.1, -0.05) is 0 Å². The second kappa shape index (κ2) is 8.68. The van der Waals surface area contributed by atoms with Crippen LogP contribution in [0.15, 0.2) is 11.3 Å². The lowest BCUT2D eigenvalue weighted by molar-refractivity contribution is 0.0474. The van der Waals surface area contributed by atoms with Crippen molar-refractivity contribution in [3.8, 4) is 0 Å². The number of carbonyl (C=O) groups is 1. The van der Waals surface area contributed by atoms with E-state index in [1.807, 2.05) is 48.6 Å². The molecule has 1 rings (SSSR count). The summed E-state index contributed by atoms with van der Waals surface area (Å²) in [5, 5.41) is 13.3. The summed E-state index contributed by atoms with van der Waals surface area (Å²) < 4.78 is 6.98. The Labute approximate surface area is 149 Å². The molecule has 0 unspecified atom stereocenters. The van der Waals surface area contributed by atoms with Gasteiger partial charge in [0, 0.05) is 20.1 Å². The minimum Gasteiger partial charge on any atom is -0.444 e. The van der Waals surface area contributed by atoms with Crippen molar-refractivity contribution in [2.45, 2.75) is 59.2 Å². The van der Waals surface area contributed by atoms with Crippen molar-refractivity contribution in [1.82, 2.24) is 30.7 Å². The van der Waals surface area contributed by atoms with Gasteiger partial charge in [-0.25, -0.2) is 14.8 Å². The van der Waals surface area contributed by atoms with Gasteiger partial charge in [0.25, 0.3) is 0 Å². The summed E-state index contributed by atoms with van der Waals surface area (Å²) in [5.41, 5.74) is -1.04. The van der Waals surface area contributed by atoms with Gasteiger partial charge < -0.3 is 20.7 Å². The lowest BCUT2D eigenvalue weighted by Crippen LogP contribution is -2.54. The van der Waals surface area contributed by atoms with Crippen molar-refractivity contribution in [3.63, 3.8) is 0 Å². The van der Waals surface area contributed by atoms with Gasteiger partial charge in [0.1, 0.15) is 24.3 Å². The predicted octanol–water partition coefficient (Wildman–Crippen LogP) is 1.17. The summed E-state index contributed by atoms with van der Waals surface area (Å²) in [4.78, 5) is 20.6. The molecule has 1 aromatic rings. The number of ether oxygens (including phenoxy) is 1. The van der Waals surface area contributed by atoms with Crippen LogP contribution in [0.5, 0.6) is 0 Å². The Morgan fingerprint density at radius 3 is 2.48 bits per heavy atom. The Hall–Kier alpha value is -2.32. The number of hydrogen-bond donors (Lipinski definition) is 3. The third kappa shape index (κ3) is 8.37. The molecule has 0 spiro atoms. The highest BCUT2D eigenvalue weighted by Crippen LogP contribution is 2.09. The fourth-order valence-electron chi connectivity index (χ4n) is 1.88. The van der Waals surface area contributed by atoms with Gasteiger partial charge in [0.05, 0.1) is 5.54 Å². The molecule has 9 nitrogen and oxygen atoms in total. The van der Waals surface area contributed by atoms with Crippen molar-refractivity contribution in [2.24, 2.45) is 12.0 Å². The minimum absolute atomic E-state index is 0.408. The molecule has 3 N–H and O–H groups in total. The number of amides is 1. The van der Waals surface area contributed by atoms with Crippen molar-refractivity contribution in [2.75, 3.05) is 13.1 Å². The molecule has 9 heteroatoms. The molecule has 1 amide bonds. The van der Waals surface area contributed by atoms with Gasteiger partial charge >= 0.3 is 6.09 Å². The second-order valence-electron chi connectivity index (χ2n) is 7.36. The molecule has 1 heterocycles. The van der Waals surface area contributed by atoms with Crippen LogP contribution in [0.4, 0.5) is 4.79 Å². The van der Waals surface area contributed by atoms with Crippen molar-refractivity contribution < 1.29 is 9.53 Å². The molecule has 142 valence electrons. The Bertz CT molecular complexity index is 588. The van der Waals surface area contributed by atoms with E-state index >= 15 is 0 Å². The van der Waals surface area contributed by atoms with E-state index in [1.54, 1.807) is 4.68 Å². The highest BCUT2D eigenvalue weighted by molar-refractivity contribution is 5.80. The first-order valence-electron chi connectivity index (χ1n) is 8.38. The highest BCUT2D eigenvalue weighted by atomic mass is 16.6. The Morgan fingerprint density at radius 2 is 1.96 bits per heavy atom. The normalized spacial score (nSPS) is 12.7. The average molecular weight is 353 g/mol. The van der Waals surface area contributed by atoms with Crippen molar-refractivity contribution in [3.05, 3.63) is 12.2 Å². The van der Waals surface area contributed by atoms with Gasteiger partial charge in [-0.3, -0.25) is 4.68 Å². The number of alkyl carbamates (subject to hydrolysis) is 1. The molecule has 0 bridgehead atoms. The topological polar surface area (TPSA) is 105 Å². The Balaban J connectivity index is 2.60. The van der Waals surface area contributed by atoms with Crippen LogP contribution < -0.4 is 16.0 Å². The molecule has 0 aliphatic heterocycles. The van der Waals surface area contributed by atoms with Crippen LogP contribution in [0.2, 0.25) is 0 Å². The molecular weight excluding hydrogens is 322 g/mol. The first kappa shape index (κ1) is 20.7. The lowest BCUT2D eigenvalue weighted by atomic mass is 10.1. The van der Waals surface area contributed by atoms with Crippen LogP contribution in [0.3, 0.4) is 0 Å². The first-order chi connectivity index (χ1) is 11.5. The third-order valence-corrected chi connectivity index (χ3v) is 3.07. The van der Waals surface area contributed by atoms with Crippen LogP contribution in [0.1, 0.15) is 47.4 Å². The summed E-state index contributed by atoms with van der Waals surface area (Å²) in [7, 11) is 1.83. The van der Waals surface area contributed by atoms with Gasteiger partial charge in [-0.15, -0.1) is 0 Å². The molecule has 0 aromatic carbocycles. The third-order valence-electron chi connectivity index (χ3n) is 3.07. The summed E-state index contributed by atoms with van der Waals surface area (Å²) in [5.74, 6) is 1.41. The van der Waals surface area contributed by atoms with Crippen LogP contribution in [-0.4, -0.2) is 51.0 Å². The zero-order valence-corrected chi connectivity index (χ0v) is 16.3. The van der Waals surface area contributed by atoms with E-state index in [0.29, 0.717) is 19.0 Å². The monoisotopic (exact) mass is 353 g/mol. The summed E-state index contributed by atoms with van der Waals surface area (Å²) in [6.45, 7) is 12.9. The molecule has 0 saturated carbocycles. The van der Waals surface area contributed by atoms with Gasteiger partial charge in [-0.2, -0.15) is 5.10 Å². The van der Waals surface area contributed by atoms with Crippen molar-refractivity contribution >= 4 is 12.1 Å². The van der Waals surface area contributed by atoms with Crippen LogP contribution >= 0.6 is 0 Å². The lowest BCUT2D eigenvalue weighted by Gasteiger charge is -2.29. The number of aromatic nitrogens is 3. The minimum atomic E-state index is -0.528. The van der Waals surface area contributed by atoms with Crippen LogP contribution in [0.25, 0.3) is 0 Å². The fourth-order valence-corrected chi connectivity index (χ4v) is 1.88. The number of rotatable bonds is 6. The maximum atomic E-state index is 11.9. The maximum absolute atomic E-state index is 11.9. The van der Waals surface area contributed by atoms with E-state index in [9.17, 15) is 4.79 Å². The van der Waals surface area contributed by atoms with Gasteiger partial charge in [0.15, 0.2) is 5.96 Å². The standard InChI is InChI=1S/C16H31N7O2/c1-8-17-13(18-9-12-20-11-21-23(12)7)19-10-16(5,6)22-14(24)25-15(2,3)4/h11H,8-10H2,1-7H3,(H,22,24)(H2,17,18,19). The quantitative estimate of drug-likeness (QED) is 0.524. The number of hydrogen-bond acceptors (Lipinski definition) is 5. The largest absolute Gasteiger partial charge is 0.444 e. The molecule has 0 aliphatic rings. The summed E-state index contributed by atoms with van der Waals surface area (Å²) in [6.07, 6.45) is 1.05. The molecule has 25 heavy (non-hydrogen) atoms. The number of aryl methyl sites for hydroxylation is 1. The Morgan fingerprint density at radius 1 is 1.28 bits per heavy atom. The highest BCUT2D eigenvalue weighted by Gasteiger charge is 2.24. The van der Waals surface area contributed by atoms with E-state index in [4.69, 9.17) is 4.74 Å². The molecule has 0 saturated heterocycles. The van der Waals surface area contributed by atoms with E-state index in [0.717, 1.165) is 12.4 Å².